The Morgan fingerprint density at radius 1 is 1.03 bits per heavy atom. The lowest BCUT2D eigenvalue weighted by Crippen LogP contribution is -2.39. The third-order valence-electron chi connectivity index (χ3n) is 7.12. The van der Waals surface area contributed by atoms with Crippen LogP contribution < -0.4 is 4.74 Å². The highest BCUT2D eigenvalue weighted by molar-refractivity contribution is 5.94. The van der Waals surface area contributed by atoms with Gasteiger partial charge in [-0.15, -0.1) is 0 Å². The van der Waals surface area contributed by atoms with E-state index in [0.717, 1.165) is 17.4 Å². The van der Waals surface area contributed by atoms with Gasteiger partial charge in [0.05, 0.1) is 12.7 Å². The lowest BCUT2D eigenvalue weighted by Gasteiger charge is -2.30. The number of alkyl halides is 3. The number of likely N-dealkylation sites (tertiary alicyclic amines) is 1. The summed E-state index contributed by atoms with van der Waals surface area (Å²) in [5.41, 5.74) is 1.42. The van der Waals surface area contributed by atoms with Gasteiger partial charge in [0.2, 0.25) is 0 Å². The molecule has 3 aromatic rings. The van der Waals surface area contributed by atoms with E-state index in [0.29, 0.717) is 43.9 Å². The molecule has 8 heteroatoms. The summed E-state index contributed by atoms with van der Waals surface area (Å²) in [6.45, 7) is 6.70. The third kappa shape index (κ3) is 7.38. The Morgan fingerprint density at radius 3 is 2.41 bits per heavy atom. The van der Waals surface area contributed by atoms with Gasteiger partial charge in [-0.05, 0) is 65.4 Å². The van der Waals surface area contributed by atoms with Crippen LogP contribution in [0.2, 0.25) is 0 Å². The number of hydrogen-bond donors (Lipinski definition) is 0. The Hall–Kier alpha value is -3.39. The zero-order chi connectivity index (χ0) is 28.2. The predicted molar refractivity (Wildman–Crippen MR) is 143 cm³/mol. The highest BCUT2D eigenvalue weighted by Gasteiger charge is 2.37. The molecule has 0 N–H and O–H groups in total. The number of benzene rings is 3. The molecule has 0 radical (unpaired) electrons. The molecular formula is C31H34F4N2O2. The summed E-state index contributed by atoms with van der Waals surface area (Å²) in [5, 5.41) is 0. The predicted octanol–water partition coefficient (Wildman–Crippen LogP) is 6.87. The quantitative estimate of drug-likeness (QED) is 0.277. The van der Waals surface area contributed by atoms with Crippen molar-refractivity contribution in [3.05, 3.63) is 101 Å². The minimum atomic E-state index is -4.40. The molecule has 1 aliphatic heterocycles. The van der Waals surface area contributed by atoms with Crippen molar-refractivity contribution in [2.24, 2.45) is 11.8 Å². The van der Waals surface area contributed by atoms with Gasteiger partial charge in [-0.2, -0.15) is 13.2 Å². The first kappa shape index (κ1) is 28.6. The van der Waals surface area contributed by atoms with Gasteiger partial charge in [0.1, 0.15) is 11.6 Å². The van der Waals surface area contributed by atoms with Crippen LogP contribution in [-0.2, 0) is 12.7 Å². The minimum absolute atomic E-state index is 0.0334. The van der Waals surface area contributed by atoms with E-state index in [1.165, 1.54) is 36.4 Å². The molecule has 1 fully saturated rings. The van der Waals surface area contributed by atoms with Gasteiger partial charge in [-0.3, -0.25) is 9.69 Å². The zero-order valence-corrected chi connectivity index (χ0v) is 22.4. The van der Waals surface area contributed by atoms with E-state index in [1.54, 1.807) is 13.2 Å². The molecule has 4 rings (SSSR count). The van der Waals surface area contributed by atoms with Gasteiger partial charge in [0.25, 0.3) is 5.91 Å². The van der Waals surface area contributed by atoms with Gasteiger partial charge in [-0.1, -0.05) is 44.2 Å². The second-order valence-electron chi connectivity index (χ2n) is 10.6. The van der Waals surface area contributed by atoms with Gasteiger partial charge in [0, 0.05) is 44.2 Å². The van der Waals surface area contributed by atoms with Crippen LogP contribution in [0.15, 0.2) is 72.8 Å². The SMILES string of the molecule is COc1cccc([C@H]2CN(Cc3cccc(C(F)(F)F)c3)C[C@@H]2CN(CC(C)C)C(=O)c2ccc(F)cc2)c1. The van der Waals surface area contributed by atoms with Crippen LogP contribution in [0.4, 0.5) is 17.6 Å². The van der Waals surface area contributed by atoms with Gasteiger partial charge >= 0.3 is 6.18 Å². The average Bonchev–Trinajstić information content (AvgIpc) is 3.29. The van der Waals surface area contributed by atoms with E-state index in [9.17, 15) is 22.4 Å². The third-order valence-corrected chi connectivity index (χ3v) is 7.12. The lowest BCUT2D eigenvalue weighted by molar-refractivity contribution is -0.137. The van der Waals surface area contributed by atoms with Crippen molar-refractivity contribution < 1.29 is 27.1 Å². The zero-order valence-electron chi connectivity index (χ0n) is 22.4. The number of hydrogen-bond acceptors (Lipinski definition) is 3. The van der Waals surface area contributed by atoms with E-state index in [-0.39, 0.29) is 23.7 Å². The number of carbonyl (C=O) groups is 1. The lowest BCUT2D eigenvalue weighted by atomic mass is 9.88. The Labute approximate surface area is 227 Å². The number of carbonyl (C=O) groups excluding carboxylic acids is 1. The fourth-order valence-corrected chi connectivity index (χ4v) is 5.37. The Bertz CT molecular complexity index is 1260. The number of halogens is 4. The minimum Gasteiger partial charge on any atom is -0.497 e. The van der Waals surface area contributed by atoms with Gasteiger partial charge < -0.3 is 9.64 Å². The van der Waals surface area contributed by atoms with Crippen molar-refractivity contribution in [3.8, 4) is 5.75 Å². The maximum absolute atomic E-state index is 13.5. The second kappa shape index (κ2) is 12.2. The summed E-state index contributed by atoms with van der Waals surface area (Å²) in [5.74, 6) is 0.453. The molecule has 2 atom stereocenters. The molecule has 208 valence electrons. The molecule has 1 saturated heterocycles. The first-order chi connectivity index (χ1) is 18.5. The fraction of sp³-hybridized carbons (Fsp3) is 0.387. The van der Waals surface area contributed by atoms with Crippen LogP contribution in [0.25, 0.3) is 0 Å². The topological polar surface area (TPSA) is 32.8 Å². The smallest absolute Gasteiger partial charge is 0.416 e. The van der Waals surface area contributed by atoms with Crippen molar-refractivity contribution >= 4 is 5.91 Å². The van der Waals surface area contributed by atoms with E-state index in [4.69, 9.17) is 4.74 Å². The summed E-state index contributed by atoms with van der Waals surface area (Å²) in [7, 11) is 1.61. The molecule has 0 aromatic heterocycles. The number of methoxy groups -OCH3 is 1. The molecule has 1 heterocycles. The summed E-state index contributed by atoms with van der Waals surface area (Å²) < 4.78 is 58.8. The van der Waals surface area contributed by atoms with Gasteiger partial charge in [0.15, 0.2) is 0 Å². The Morgan fingerprint density at radius 2 is 1.74 bits per heavy atom. The highest BCUT2D eigenvalue weighted by atomic mass is 19.4. The van der Waals surface area contributed by atoms with Crippen molar-refractivity contribution in [3.63, 3.8) is 0 Å². The average molecular weight is 543 g/mol. The molecule has 0 bridgehead atoms. The van der Waals surface area contributed by atoms with Crippen LogP contribution in [0.5, 0.6) is 5.75 Å². The van der Waals surface area contributed by atoms with Crippen LogP contribution in [-0.4, -0.2) is 49.0 Å². The molecule has 3 aromatic carbocycles. The largest absolute Gasteiger partial charge is 0.497 e. The number of amides is 1. The monoisotopic (exact) mass is 542 g/mol. The standard InChI is InChI=1S/C31H34F4N2O2/c1-21(2)16-37(30(38)23-10-12-27(32)13-11-23)19-25-18-36(17-22-6-4-8-26(14-22)31(33,34)35)20-29(25)24-7-5-9-28(15-24)39-3/h4-15,21,25,29H,16-20H2,1-3H3/t25-,29-/m1/s1. The molecule has 0 unspecified atom stereocenters. The van der Waals surface area contributed by atoms with Crippen LogP contribution in [0, 0.1) is 17.7 Å². The number of rotatable bonds is 9. The number of ether oxygens (including phenoxy) is 1. The molecule has 1 amide bonds. The normalized spacial score (nSPS) is 17.9. The maximum atomic E-state index is 13.5. The van der Waals surface area contributed by atoms with Crippen LogP contribution >= 0.6 is 0 Å². The molecule has 0 spiro atoms. The molecule has 39 heavy (non-hydrogen) atoms. The Balaban J connectivity index is 1.61. The van der Waals surface area contributed by atoms with Crippen molar-refractivity contribution in [2.45, 2.75) is 32.5 Å². The molecule has 0 aliphatic carbocycles. The molecule has 4 nitrogen and oxygen atoms in total. The first-order valence-electron chi connectivity index (χ1n) is 13.1. The summed E-state index contributed by atoms with van der Waals surface area (Å²) in [4.78, 5) is 17.5. The van der Waals surface area contributed by atoms with Crippen molar-refractivity contribution in [2.75, 3.05) is 33.3 Å². The van der Waals surface area contributed by atoms with Crippen LogP contribution in [0.3, 0.4) is 0 Å². The van der Waals surface area contributed by atoms with E-state index >= 15 is 0 Å². The first-order valence-corrected chi connectivity index (χ1v) is 13.1. The maximum Gasteiger partial charge on any atom is 0.416 e. The molecular weight excluding hydrogens is 508 g/mol. The van der Waals surface area contributed by atoms with Crippen molar-refractivity contribution in [1.82, 2.24) is 9.80 Å². The Kier molecular flexibility index (Phi) is 8.95. The highest BCUT2D eigenvalue weighted by Crippen LogP contribution is 2.36. The van der Waals surface area contributed by atoms with Crippen molar-refractivity contribution in [1.29, 1.82) is 0 Å². The second-order valence-corrected chi connectivity index (χ2v) is 10.6. The molecule has 0 saturated carbocycles. The summed E-state index contributed by atoms with van der Waals surface area (Å²) in [6.07, 6.45) is -4.40. The van der Waals surface area contributed by atoms with E-state index < -0.39 is 17.6 Å². The van der Waals surface area contributed by atoms with E-state index in [1.807, 2.05) is 43.0 Å². The summed E-state index contributed by atoms with van der Waals surface area (Å²) >= 11 is 0. The summed E-state index contributed by atoms with van der Waals surface area (Å²) in [6, 6.07) is 18.8. The number of nitrogens with zero attached hydrogens (tertiary/aromatic N) is 2. The van der Waals surface area contributed by atoms with E-state index in [2.05, 4.69) is 4.90 Å². The van der Waals surface area contributed by atoms with Gasteiger partial charge in [-0.25, -0.2) is 4.39 Å². The van der Waals surface area contributed by atoms with Crippen LogP contribution in [0.1, 0.15) is 46.8 Å². The fourth-order valence-electron chi connectivity index (χ4n) is 5.37. The molecule has 1 aliphatic rings.